The van der Waals surface area contributed by atoms with Gasteiger partial charge in [-0.1, -0.05) is 30.3 Å². The van der Waals surface area contributed by atoms with Crippen molar-refractivity contribution >= 4 is 17.6 Å². The van der Waals surface area contributed by atoms with Crippen molar-refractivity contribution < 1.29 is 14.3 Å². The fraction of sp³-hybridized carbons (Fsp3) is 0.222. The first-order valence-corrected chi connectivity index (χ1v) is 7.24. The van der Waals surface area contributed by atoms with Crippen molar-refractivity contribution in [2.75, 3.05) is 18.6 Å². The minimum absolute atomic E-state index is 0.0140. The zero-order valence-electron chi connectivity index (χ0n) is 12.4. The Morgan fingerprint density at radius 3 is 2.64 bits per heavy atom. The van der Waals surface area contributed by atoms with Crippen LogP contribution < -0.4 is 4.90 Å². The van der Waals surface area contributed by atoms with Crippen molar-refractivity contribution in [2.24, 2.45) is 0 Å². The minimum Gasteiger partial charge on any atom is -0.469 e. The molecule has 0 unspecified atom stereocenters. The largest absolute Gasteiger partial charge is 0.469 e. The third kappa shape index (κ3) is 2.72. The lowest BCUT2D eigenvalue weighted by Gasteiger charge is -2.17. The van der Waals surface area contributed by atoms with Gasteiger partial charge in [-0.15, -0.1) is 0 Å². The molecule has 0 atom stereocenters. The highest BCUT2D eigenvalue weighted by Crippen LogP contribution is 2.30. The van der Waals surface area contributed by atoms with E-state index in [0.29, 0.717) is 12.1 Å². The van der Waals surface area contributed by atoms with Gasteiger partial charge in [0.05, 0.1) is 13.5 Å². The number of fused-ring (bicyclic) bond motifs is 1. The Hall–Kier alpha value is -2.62. The number of carbonyl (C=O) groups is 2. The lowest BCUT2D eigenvalue weighted by molar-refractivity contribution is -0.139. The SMILES string of the molecule is COC(=O)Cc1ccc2c(c1)CCN2C(=O)c1ccccc1. The third-order valence-electron chi connectivity index (χ3n) is 3.88. The molecule has 4 heteroatoms. The highest BCUT2D eigenvalue weighted by Gasteiger charge is 2.25. The van der Waals surface area contributed by atoms with Gasteiger partial charge in [0.25, 0.3) is 5.91 Å². The zero-order valence-corrected chi connectivity index (χ0v) is 12.4. The number of hydrogen-bond acceptors (Lipinski definition) is 3. The second-order valence-electron chi connectivity index (χ2n) is 5.29. The first-order valence-electron chi connectivity index (χ1n) is 7.24. The second kappa shape index (κ2) is 6.02. The Morgan fingerprint density at radius 2 is 1.91 bits per heavy atom. The van der Waals surface area contributed by atoms with Crippen molar-refractivity contribution in [3.8, 4) is 0 Å². The molecule has 0 aliphatic carbocycles. The Bertz CT molecular complexity index is 710. The average Bonchev–Trinajstić information content (AvgIpc) is 2.98. The molecular weight excluding hydrogens is 278 g/mol. The number of anilines is 1. The molecule has 0 spiro atoms. The molecular formula is C18H17NO3. The van der Waals surface area contributed by atoms with E-state index in [0.717, 1.165) is 23.2 Å². The quantitative estimate of drug-likeness (QED) is 0.818. The van der Waals surface area contributed by atoms with Gasteiger partial charge in [0, 0.05) is 17.8 Å². The number of carbonyl (C=O) groups excluding carboxylic acids is 2. The number of esters is 1. The molecule has 1 aliphatic heterocycles. The van der Waals surface area contributed by atoms with Crippen LogP contribution in [0.3, 0.4) is 0 Å². The van der Waals surface area contributed by atoms with Gasteiger partial charge in [0.2, 0.25) is 0 Å². The molecule has 0 fully saturated rings. The van der Waals surface area contributed by atoms with Gasteiger partial charge in [-0.3, -0.25) is 9.59 Å². The highest BCUT2D eigenvalue weighted by atomic mass is 16.5. The van der Waals surface area contributed by atoms with E-state index in [1.54, 1.807) is 4.90 Å². The van der Waals surface area contributed by atoms with Crippen molar-refractivity contribution in [1.82, 2.24) is 0 Å². The van der Waals surface area contributed by atoms with Crippen molar-refractivity contribution in [3.63, 3.8) is 0 Å². The molecule has 0 bridgehead atoms. The topological polar surface area (TPSA) is 46.6 Å². The average molecular weight is 295 g/mol. The smallest absolute Gasteiger partial charge is 0.309 e. The summed E-state index contributed by atoms with van der Waals surface area (Å²) in [4.78, 5) is 25.7. The van der Waals surface area contributed by atoms with Crippen LogP contribution in [0.4, 0.5) is 5.69 Å². The van der Waals surface area contributed by atoms with Crippen LogP contribution in [-0.2, 0) is 22.4 Å². The van der Waals surface area contributed by atoms with Crippen LogP contribution in [0.25, 0.3) is 0 Å². The molecule has 0 saturated heterocycles. The summed E-state index contributed by atoms with van der Waals surface area (Å²) in [6, 6.07) is 15.1. The lowest BCUT2D eigenvalue weighted by Crippen LogP contribution is -2.28. The minimum atomic E-state index is -0.254. The van der Waals surface area contributed by atoms with Crippen molar-refractivity contribution in [2.45, 2.75) is 12.8 Å². The Morgan fingerprint density at radius 1 is 1.14 bits per heavy atom. The van der Waals surface area contributed by atoms with E-state index in [-0.39, 0.29) is 18.3 Å². The normalized spacial score (nSPS) is 12.9. The predicted octanol–water partition coefficient (Wildman–Crippen LogP) is 2.61. The summed E-state index contributed by atoms with van der Waals surface area (Å²) in [5, 5.41) is 0. The Balaban J connectivity index is 1.83. The molecule has 1 aliphatic rings. The number of nitrogens with zero attached hydrogens (tertiary/aromatic N) is 1. The standard InChI is InChI=1S/C18H17NO3/c1-22-17(20)12-13-7-8-16-15(11-13)9-10-19(16)18(21)14-5-3-2-4-6-14/h2-8,11H,9-10,12H2,1H3. The molecule has 1 heterocycles. The van der Waals surface area contributed by atoms with Gasteiger partial charge >= 0.3 is 5.97 Å². The number of hydrogen-bond donors (Lipinski definition) is 0. The number of methoxy groups -OCH3 is 1. The van der Waals surface area contributed by atoms with Crippen LogP contribution in [-0.4, -0.2) is 25.5 Å². The van der Waals surface area contributed by atoms with Crippen molar-refractivity contribution in [3.05, 3.63) is 65.2 Å². The molecule has 3 rings (SSSR count). The van der Waals surface area contributed by atoms with E-state index >= 15 is 0 Å². The molecule has 1 amide bonds. The van der Waals surface area contributed by atoms with E-state index in [1.807, 2.05) is 48.5 Å². The summed E-state index contributed by atoms with van der Waals surface area (Å²) < 4.78 is 4.69. The van der Waals surface area contributed by atoms with Crippen LogP contribution >= 0.6 is 0 Å². The van der Waals surface area contributed by atoms with E-state index in [2.05, 4.69) is 4.74 Å². The van der Waals surface area contributed by atoms with E-state index < -0.39 is 0 Å². The molecule has 22 heavy (non-hydrogen) atoms. The second-order valence-corrected chi connectivity index (χ2v) is 5.29. The predicted molar refractivity (Wildman–Crippen MR) is 84.0 cm³/mol. The van der Waals surface area contributed by atoms with E-state index in [1.165, 1.54) is 7.11 Å². The fourth-order valence-electron chi connectivity index (χ4n) is 2.75. The summed E-state index contributed by atoms with van der Waals surface area (Å²) in [5.74, 6) is -0.241. The van der Waals surface area contributed by atoms with E-state index in [4.69, 9.17) is 0 Å². The number of benzene rings is 2. The molecule has 2 aromatic rings. The summed E-state index contributed by atoms with van der Waals surface area (Å²) in [6.45, 7) is 0.671. The summed E-state index contributed by atoms with van der Waals surface area (Å²) in [6.07, 6.45) is 1.07. The van der Waals surface area contributed by atoms with Crippen LogP contribution in [0.1, 0.15) is 21.5 Å². The number of rotatable bonds is 3. The molecule has 0 N–H and O–H groups in total. The molecule has 2 aromatic carbocycles. The Labute approximate surface area is 129 Å². The zero-order chi connectivity index (χ0) is 15.5. The molecule has 0 saturated carbocycles. The summed E-state index contributed by atoms with van der Waals surface area (Å²) >= 11 is 0. The molecule has 0 radical (unpaired) electrons. The van der Waals surface area contributed by atoms with Crippen LogP contribution in [0.5, 0.6) is 0 Å². The van der Waals surface area contributed by atoms with Gasteiger partial charge < -0.3 is 9.64 Å². The summed E-state index contributed by atoms with van der Waals surface area (Å²) in [7, 11) is 1.38. The molecule has 4 nitrogen and oxygen atoms in total. The van der Waals surface area contributed by atoms with Crippen LogP contribution in [0.2, 0.25) is 0 Å². The van der Waals surface area contributed by atoms with Crippen LogP contribution in [0, 0.1) is 0 Å². The summed E-state index contributed by atoms with van der Waals surface area (Å²) in [5.41, 5.74) is 3.64. The molecule has 112 valence electrons. The van der Waals surface area contributed by atoms with Gasteiger partial charge in [-0.05, 0) is 35.7 Å². The Kier molecular flexibility index (Phi) is 3.92. The highest BCUT2D eigenvalue weighted by molar-refractivity contribution is 6.07. The third-order valence-corrected chi connectivity index (χ3v) is 3.88. The van der Waals surface area contributed by atoms with Crippen LogP contribution in [0.15, 0.2) is 48.5 Å². The monoisotopic (exact) mass is 295 g/mol. The van der Waals surface area contributed by atoms with Crippen molar-refractivity contribution in [1.29, 1.82) is 0 Å². The maximum atomic E-state index is 12.6. The maximum Gasteiger partial charge on any atom is 0.309 e. The lowest BCUT2D eigenvalue weighted by atomic mass is 10.1. The first kappa shape index (κ1) is 14.3. The van der Waals surface area contributed by atoms with Gasteiger partial charge in [-0.2, -0.15) is 0 Å². The van der Waals surface area contributed by atoms with Gasteiger partial charge in [0.1, 0.15) is 0 Å². The van der Waals surface area contributed by atoms with Gasteiger partial charge in [-0.25, -0.2) is 0 Å². The van der Waals surface area contributed by atoms with Gasteiger partial charge in [0.15, 0.2) is 0 Å². The number of ether oxygens (including phenoxy) is 1. The van der Waals surface area contributed by atoms with E-state index in [9.17, 15) is 9.59 Å². The number of amides is 1. The molecule has 0 aromatic heterocycles. The fourth-order valence-corrected chi connectivity index (χ4v) is 2.75. The maximum absolute atomic E-state index is 12.6. The first-order chi connectivity index (χ1) is 10.7.